The third kappa shape index (κ3) is 4.29. The van der Waals surface area contributed by atoms with Gasteiger partial charge >= 0.3 is 6.09 Å². The molecule has 3 aromatic rings. The van der Waals surface area contributed by atoms with E-state index in [2.05, 4.69) is 15.5 Å². The third-order valence-corrected chi connectivity index (χ3v) is 4.64. The highest BCUT2D eigenvalue weighted by Gasteiger charge is 2.32. The zero-order chi connectivity index (χ0) is 21.1. The minimum Gasteiger partial charge on any atom is -0.442 e. The fraction of sp³-hybridized carbons (Fsp3) is 0.238. The van der Waals surface area contributed by atoms with Crippen molar-refractivity contribution in [2.75, 3.05) is 18.0 Å². The zero-order valence-corrected chi connectivity index (χ0v) is 16.2. The van der Waals surface area contributed by atoms with Crippen LogP contribution in [0.1, 0.15) is 18.3 Å². The average molecular weight is 410 g/mol. The van der Waals surface area contributed by atoms with Crippen LogP contribution in [-0.2, 0) is 16.0 Å². The second-order valence-electron chi connectivity index (χ2n) is 6.89. The molecule has 1 aromatic heterocycles. The molecule has 2 amide bonds. The number of carbonyl (C=O) groups excluding carboxylic acids is 2. The van der Waals surface area contributed by atoms with Crippen molar-refractivity contribution in [1.29, 1.82) is 0 Å². The van der Waals surface area contributed by atoms with Crippen LogP contribution in [-0.4, -0.2) is 41.3 Å². The van der Waals surface area contributed by atoms with Gasteiger partial charge in [0.1, 0.15) is 11.9 Å². The Balaban J connectivity index is 1.44. The van der Waals surface area contributed by atoms with Crippen LogP contribution in [0.4, 0.5) is 14.9 Å². The van der Waals surface area contributed by atoms with E-state index in [4.69, 9.17) is 9.26 Å². The van der Waals surface area contributed by atoms with Crippen LogP contribution < -0.4 is 10.2 Å². The molecule has 1 atom stereocenters. The minimum atomic E-state index is -0.580. The second kappa shape index (κ2) is 8.32. The van der Waals surface area contributed by atoms with Crippen molar-refractivity contribution in [3.63, 3.8) is 0 Å². The molecule has 0 bridgehead atoms. The molecule has 1 N–H and O–H groups in total. The molecule has 2 aromatic carbocycles. The normalized spacial score (nSPS) is 15.9. The molecule has 8 nitrogen and oxygen atoms in total. The Hall–Kier alpha value is -3.75. The number of benzene rings is 2. The Kier molecular flexibility index (Phi) is 5.42. The van der Waals surface area contributed by atoms with Gasteiger partial charge in [-0.2, -0.15) is 4.98 Å². The largest absolute Gasteiger partial charge is 0.442 e. The molecule has 1 aliphatic rings. The van der Waals surface area contributed by atoms with Gasteiger partial charge in [-0.1, -0.05) is 29.4 Å². The first-order valence-electron chi connectivity index (χ1n) is 9.38. The third-order valence-electron chi connectivity index (χ3n) is 4.64. The van der Waals surface area contributed by atoms with E-state index in [9.17, 15) is 14.0 Å². The summed E-state index contributed by atoms with van der Waals surface area (Å²) < 4.78 is 25.1. The van der Waals surface area contributed by atoms with Crippen LogP contribution in [0.15, 0.2) is 53.1 Å². The Morgan fingerprint density at radius 3 is 2.80 bits per heavy atom. The number of aromatic nitrogens is 2. The van der Waals surface area contributed by atoms with Crippen LogP contribution >= 0.6 is 0 Å². The maximum absolute atomic E-state index is 14.7. The predicted molar refractivity (Wildman–Crippen MR) is 105 cm³/mol. The number of ether oxygens (including phenoxy) is 1. The molecule has 1 saturated heterocycles. The van der Waals surface area contributed by atoms with Gasteiger partial charge in [-0.15, -0.1) is 0 Å². The van der Waals surface area contributed by atoms with Gasteiger partial charge in [-0.3, -0.25) is 9.69 Å². The maximum atomic E-state index is 14.7. The smallest absolute Gasteiger partial charge is 0.414 e. The van der Waals surface area contributed by atoms with Crippen LogP contribution in [0, 0.1) is 5.82 Å². The molecule has 0 unspecified atom stereocenters. The van der Waals surface area contributed by atoms with Gasteiger partial charge in [-0.05, 0) is 29.8 Å². The number of nitrogens with zero attached hydrogens (tertiary/aromatic N) is 3. The molecular formula is C21H19FN4O4. The van der Waals surface area contributed by atoms with Crippen LogP contribution in [0.25, 0.3) is 11.5 Å². The average Bonchev–Trinajstić information content (AvgIpc) is 3.35. The molecule has 1 aliphatic heterocycles. The van der Waals surface area contributed by atoms with Gasteiger partial charge in [0.05, 0.1) is 18.8 Å². The van der Waals surface area contributed by atoms with Gasteiger partial charge in [-0.25, -0.2) is 9.18 Å². The van der Waals surface area contributed by atoms with Crippen molar-refractivity contribution >= 4 is 17.7 Å². The minimum absolute atomic E-state index is 0.151. The lowest BCUT2D eigenvalue weighted by Gasteiger charge is -2.14. The van der Waals surface area contributed by atoms with E-state index in [1.807, 2.05) is 30.3 Å². The lowest BCUT2D eigenvalue weighted by atomic mass is 10.1. The van der Waals surface area contributed by atoms with E-state index in [-0.39, 0.29) is 25.4 Å². The molecule has 1 fully saturated rings. The summed E-state index contributed by atoms with van der Waals surface area (Å²) in [6.45, 7) is 1.82. The summed E-state index contributed by atoms with van der Waals surface area (Å²) in [6, 6.07) is 13.8. The number of carbonyl (C=O) groups is 2. The highest BCUT2D eigenvalue weighted by Crippen LogP contribution is 2.25. The summed E-state index contributed by atoms with van der Waals surface area (Å²) in [5, 5.41) is 6.52. The number of halogens is 1. The highest BCUT2D eigenvalue weighted by molar-refractivity contribution is 5.89. The van der Waals surface area contributed by atoms with Crippen molar-refractivity contribution in [3.8, 4) is 11.5 Å². The van der Waals surface area contributed by atoms with E-state index >= 15 is 0 Å². The number of hydrogen-bond acceptors (Lipinski definition) is 6. The van der Waals surface area contributed by atoms with Crippen molar-refractivity contribution in [3.05, 3.63) is 65.7 Å². The van der Waals surface area contributed by atoms with Crippen LogP contribution in [0.2, 0.25) is 0 Å². The summed E-state index contributed by atoms with van der Waals surface area (Å²) in [5.41, 5.74) is 1.54. The molecule has 2 heterocycles. The first kappa shape index (κ1) is 19.6. The molecule has 0 aliphatic carbocycles. The summed E-state index contributed by atoms with van der Waals surface area (Å²) in [7, 11) is 0. The van der Waals surface area contributed by atoms with Crippen LogP contribution in [0.5, 0.6) is 0 Å². The second-order valence-corrected chi connectivity index (χ2v) is 6.89. The number of rotatable bonds is 6. The zero-order valence-electron chi connectivity index (χ0n) is 16.2. The van der Waals surface area contributed by atoms with Crippen molar-refractivity contribution < 1.29 is 23.2 Å². The Morgan fingerprint density at radius 2 is 2.07 bits per heavy atom. The monoisotopic (exact) mass is 410 g/mol. The number of nitrogens with one attached hydrogen (secondary N) is 1. The topological polar surface area (TPSA) is 97.6 Å². The molecule has 30 heavy (non-hydrogen) atoms. The molecule has 0 radical (unpaired) electrons. The molecule has 9 heteroatoms. The number of amides is 2. The van der Waals surface area contributed by atoms with E-state index in [1.54, 1.807) is 12.1 Å². The number of hydrogen-bond donors (Lipinski definition) is 1. The Bertz CT molecular complexity index is 1070. The van der Waals surface area contributed by atoms with E-state index < -0.39 is 18.0 Å². The quantitative estimate of drug-likeness (QED) is 0.671. The van der Waals surface area contributed by atoms with E-state index in [1.165, 1.54) is 17.9 Å². The van der Waals surface area contributed by atoms with Crippen molar-refractivity contribution in [1.82, 2.24) is 15.5 Å². The lowest BCUT2D eigenvalue weighted by molar-refractivity contribution is -0.119. The van der Waals surface area contributed by atoms with Gasteiger partial charge in [0.15, 0.2) is 5.82 Å². The van der Waals surface area contributed by atoms with Gasteiger partial charge in [0.2, 0.25) is 5.91 Å². The van der Waals surface area contributed by atoms with E-state index in [0.29, 0.717) is 23.0 Å². The van der Waals surface area contributed by atoms with Gasteiger partial charge in [0, 0.05) is 18.9 Å². The number of anilines is 1. The number of cyclic esters (lactones) is 1. The first-order valence-corrected chi connectivity index (χ1v) is 9.38. The molecule has 154 valence electrons. The van der Waals surface area contributed by atoms with E-state index in [0.717, 1.165) is 5.56 Å². The summed E-state index contributed by atoms with van der Waals surface area (Å²) in [6.07, 6.45) is -0.916. The predicted octanol–water partition coefficient (Wildman–Crippen LogP) is 2.93. The summed E-state index contributed by atoms with van der Waals surface area (Å²) >= 11 is 0. The highest BCUT2D eigenvalue weighted by atomic mass is 19.1. The molecule has 0 spiro atoms. The van der Waals surface area contributed by atoms with Crippen LogP contribution in [0.3, 0.4) is 0 Å². The molecule has 4 rings (SSSR count). The van der Waals surface area contributed by atoms with Gasteiger partial charge < -0.3 is 14.6 Å². The Labute approximate surface area is 171 Å². The first-order chi connectivity index (χ1) is 14.5. The molecule has 0 saturated carbocycles. The van der Waals surface area contributed by atoms with Crippen molar-refractivity contribution in [2.45, 2.75) is 19.4 Å². The van der Waals surface area contributed by atoms with Crippen molar-refractivity contribution in [2.24, 2.45) is 0 Å². The lowest BCUT2D eigenvalue weighted by Crippen LogP contribution is -2.33. The fourth-order valence-corrected chi connectivity index (χ4v) is 3.14. The maximum Gasteiger partial charge on any atom is 0.414 e. The fourth-order valence-electron chi connectivity index (χ4n) is 3.14. The SMILES string of the molecule is CC(=O)NC[C@H]1CN(c2ccc(Cc3noc(-c4ccccc4)n3)c(F)c2)C(=O)O1. The molecular weight excluding hydrogens is 391 g/mol. The summed E-state index contributed by atoms with van der Waals surface area (Å²) in [4.78, 5) is 28.8. The van der Waals surface area contributed by atoms with Gasteiger partial charge in [0.25, 0.3) is 5.89 Å². The Morgan fingerprint density at radius 1 is 1.27 bits per heavy atom. The summed E-state index contributed by atoms with van der Waals surface area (Å²) in [5.74, 6) is 0.0255. The standard InChI is InChI=1S/C21H19FN4O4/c1-13(27)23-11-17-12-26(21(28)29-17)16-8-7-15(18(22)10-16)9-19-24-20(30-25-19)14-5-3-2-4-6-14/h2-8,10,17H,9,11-12H2,1H3,(H,23,27)/t17-/m0/s1.